The number of rotatable bonds is 34. The molecule has 0 N–H and O–H groups in total. The minimum atomic E-state index is -0.776. The van der Waals surface area contributed by atoms with Gasteiger partial charge in [-0.3, -0.25) is 9.59 Å². The van der Waals surface area contributed by atoms with Crippen molar-refractivity contribution in [2.75, 3.05) is 6.61 Å². The van der Waals surface area contributed by atoms with Gasteiger partial charge < -0.3 is 4.74 Å². The zero-order valence-electron chi connectivity index (χ0n) is 71.5. The molecule has 7 aromatic carbocycles. The van der Waals surface area contributed by atoms with Gasteiger partial charge in [0, 0.05) is 47.3 Å². The van der Waals surface area contributed by atoms with E-state index in [9.17, 15) is 0 Å². The number of ketones is 2. The maximum absolute atomic E-state index is 15.1. The van der Waals surface area contributed by atoms with Crippen LogP contribution in [0.1, 0.15) is 306 Å². The molecular formula is C109H111N3O3S4. The standard InChI is InChI=1S/C109H111N3O3S4/c1-15-20-25-30-39-74-43-35-47-78(57-74)108(79-48-36-44-75(58-79)40-31-26-21-16-2)93-64-83(62-91-100(107(111-13)112-14)86-53-69(7)71(9)55-88(86)102(91)114)117-103(93)105-94(108)66-97(118-105)84-65-96(115-51-34-29-24-19-5)89(56-72(84)10)98-67-95-106(119-98)104-92(63-82(116-104)61-90-99(73(11)110-12)85-52-68(6)70(8)54-87(85)101(90)113)109(95,80-49-37-45-76(59-80)41-32-27-22-17-3)81-50-38-46-77(60-81)42-33-28-23-18-4/h35-38,43-50,52-67H,15-34,39-42,51H2,1-11H3/b90-61-,91-62-,99-73-. The van der Waals surface area contributed by atoms with Crippen molar-refractivity contribution < 1.29 is 14.3 Å². The van der Waals surface area contributed by atoms with Crippen molar-refractivity contribution in [1.82, 2.24) is 0 Å². The van der Waals surface area contributed by atoms with Crippen LogP contribution in [0, 0.1) is 54.3 Å². The van der Waals surface area contributed by atoms with Crippen molar-refractivity contribution in [1.29, 1.82) is 0 Å². The minimum absolute atomic E-state index is 0.0349. The molecular weight excluding hydrogens is 1530 g/mol. The van der Waals surface area contributed by atoms with E-state index in [4.69, 9.17) is 24.5 Å². The number of unbranched alkanes of at least 4 members (excludes halogenated alkanes) is 15. The molecule has 4 heterocycles. The van der Waals surface area contributed by atoms with Crippen molar-refractivity contribution in [3.05, 3.63) is 341 Å². The number of fused-ring (bicyclic) bond motifs is 8. The zero-order chi connectivity index (χ0) is 83.2. The Balaban J connectivity index is 0.947. The van der Waals surface area contributed by atoms with E-state index in [1.165, 1.54) is 158 Å². The average Bonchev–Trinajstić information content (AvgIpc) is 1.53. The Morgan fingerprint density at radius 1 is 0.361 bits per heavy atom. The fourth-order valence-electron chi connectivity index (χ4n) is 19.1. The smallest absolute Gasteiger partial charge is 0.493 e. The molecule has 4 aromatic heterocycles. The summed E-state index contributed by atoms with van der Waals surface area (Å²) in [4.78, 5) is 50.8. The van der Waals surface area contributed by atoms with E-state index in [0.29, 0.717) is 45.7 Å². The Kier molecular flexibility index (Phi) is 26.0. The summed E-state index contributed by atoms with van der Waals surface area (Å²) in [5.41, 5.74) is 26.5. The third kappa shape index (κ3) is 16.0. The molecule has 0 bridgehead atoms. The number of thiophene rings is 4. The van der Waals surface area contributed by atoms with Crippen molar-refractivity contribution >= 4 is 80.2 Å². The lowest BCUT2D eigenvalue weighted by atomic mass is 9.67. The van der Waals surface area contributed by atoms with Gasteiger partial charge in [0.05, 0.1) is 49.1 Å². The summed E-state index contributed by atoms with van der Waals surface area (Å²) in [6.45, 7) is 49.4. The molecule has 0 amide bonds. The largest absolute Gasteiger partial charge is 0.528 e. The summed E-state index contributed by atoms with van der Waals surface area (Å²) >= 11 is 7.21. The fourth-order valence-corrected chi connectivity index (χ4v) is 24.3. The number of allylic oxidation sites excluding steroid dienone is 5. The van der Waals surface area contributed by atoms with Gasteiger partial charge in [-0.15, -0.1) is 45.3 Å². The van der Waals surface area contributed by atoms with Crippen LogP contribution in [0.4, 0.5) is 0 Å². The molecule has 4 aliphatic rings. The van der Waals surface area contributed by atoms with Gasteiger partial charge in [-0.05, 0) is 277 Å². The topological polar surface area (TPSA) is 56.5 Å². The van der Waals surface area contributed by atoms with Gasteiger partial charge in [0.1, 0.15) is 18.9 Å². The lowest BCUT2D eigenvalue weighted by Gasteiger charge is -2.33. The zero-order valence-corrected chi connectivity index (χ0v) is 74.8. The first-order valence-corrected chi connectivity index (χ1v) is 47.3. The van der Waals surface area contributed by atoms with Crippen molar-refractivity contribution in [3.63, 3.8) is 0 Å². The van der Waals surface area contributed by atoms with Gasteiger partial charge in [-0.25, -0.2) is 4.85 Å². The van der Waals surface area contributed by atoms with Crippen LogP contribution in [0.3, 0.4) is 0 Å². The van der Waals surface area contributed by atoms with Gasteiger partial charge in [0.25, 0.3) is 0 Å². The van der Waals surface area contributed by atoms with E-state index >= 15 is 9.59 Å². The normalized spacial score (nSPS) is 14.9. The molecule has 0 aliphatic heterocycles. The molecule has 0 fully saturated rings. The SMILES string of the molecule is [C-]#[N+]C([N+]#[C-])=C1/C(=C/c2cc3c(s2)-c2sc(-c4cc(OCCCCCC)c(-c5cc6c(s5)-c5sc(/C=C7\C(=O)c8cc(C)c(C)cc8\C7=C(/C)[N+]#[C-])cc5C6(c5cccc(CCCCCC)c5)c5cccc(CCCCCC)c5)cc4C)cc2C3(c2cccc(CCCCCC)c2)c2cccc(CCCCCC)c2)C(=O)c2cc(C)c(C)cc21. The number of aryl methyl sites for hydroxylation is 9. The summed E-state index contributed by atoms with van der Waals surface area (Å²) in [5, 5.41) is 0. The van der Waals surface area contributed by atoms with Crippen LogP contribution in [-0.2, 0) is 36.5 Å². The molecule has 11 aromatic rings. The van der Waals surface area contributed by atoms with Gasteiger partial charge in [0.2, 0.25) is 0 Å². The van der Waals surface area contributed by atoms with E-state index in [1.54, 1.807) is 22.7 Å². The summed E-state index contributed by atoms with van der Waals surface area (Å²) < 4.78 is 7.42. The average molecular weight is 1640 g/mol. The molecule has 0 unspecified atom stereocenters. The van der Waals surface area contributed by atoms with Crippen molar-refractivity contribution in [2.24, 2.45) is 0 Å². The molecule has 6 nitrogen and oxygen atoms in total. The number of hydrogen-bond acceptors (Lipinski definition) is 7. The number of nitrogens with zero attached hydrogens (tertiary/aromatic N) is 3. The monoisotopic (exact) mass is 1640 g/mol. The van der Waals surface area contributed by atoms with Gasteiger partial charge in [0.15, 0.2) is 17.3 Å². The van der Waals surface area contributed by atoms with Crippen LogP contribution in [0.2, 0.25) is 0 Å². The molecule has 4 aliphatic carbocycles. The van der Waals surface area contributed by atoms with Crippen molar-refractivity contribution in [2.45, 2.75) is 241 Å². The molecule has 0 radical (unpaired) electrons. The summed E-state index contributed by atoms with van der Waals surface area (Å²) in [7, 11) is 0. The first-order valence-electron chi connectivity index (χ1n) is 44.0. The van der Waals surface area contributed by atoms with Crippen LogP contribution in [0.5, 0.6) is 5.75 Å². The fraction of sp³-hybridized carbons (Fsp3) is 0.349. The third-order valence-corrected chi connectivity index (χ3v) is 30.5. The van der Waals surface area contributed by atoms with E-state index in [0.717, 1.165) is 157 Å². The molecule has 604 valence electrons. The Bertz CT molecular complexity index is 5890. The maximum atomic E-state index is 15.1. The number of Topliss-reactive ketones (excluding diaryl/α,β-unsaturated/α-hetero) is 2. The third-order valence-electron chi connectivity index (χ3n) is 25.7. The van der Waals surface area contributed by atoms with E-state index < -0.39 is 10.8 Å². The van der Waals surface area contributed by atoms with Crippen LogP contribution in [-0.4, -0.2) is 18.2 Å². The van der Waals surface area contributed by atoms with Gasteiger partial charge in [-0.1, -0.05) is 240 Å². The summed E-state index contributed by atoms with van der Waals surface area (Å²) in [6.07, 6.45) is 31.0. The van der Waals surface area contributed by atoms with Gasteiger partial charge >= 0.3 is 5.82 Å². The molecule has 0 atom stereocenters. The first kappa shape index (κ1) is 83.9. The minimum Gasteiger partial charge on any atom is -0.493 e. The summed E-state index contributed by atoms with van der Waals surface area (Å²) in [6, 6.07) is 60.7. The van der Waals surface area contributed by atoms with E-state index in [1.807, 2.05) is 67.7 Å². The van der Waals surface area contributed by atoms with Crippen molar-refractivity contribution in [3.8, 4) is 46.1 Å². The molecule has 119 heavy (non-hydrogen) atoms. The van der Waals surface area contributed by atoms with E-state index in [-0.39, 0.29) is 17.4 Å². The first-order chi connectivity index (χ1) is 57.9. The number of hydrogen-bond donors (Lipinski definition) is 0. The molecule has 0 spiro atoms. The molecule has 0 saturated carbocycles. The Hall–Kier alpha value is -10.1. The van der Waals surface area contributed by atoms with Crippen LogP contribution >= 0.6 is 45.3 Å². The highest BCUT2D eigenvalue weighted by Gasteiger charge is 2.52. The second-order valence-electron chi connectivity index (χ2n) is 33.8. The number of ether oxygens (including phenoxy) is 1. The highest BCUT2D eigenvalue weighted by atomic mass is 32.1. The molecule has 10 heteroatoms. The van der Waals surface area contributed by atoms with Gasteiger partial charge in [-0.2, -0.15) is 9.69 Å². The summed E-state index contributed by atoms with van der Waals surface area (Å²) in [5.74, 6) is 0.572. The number of carbonyl (C=O) groups is 2. The highest BCUT2D eigenvalue weighted by molar-refractivity contribution is 7.25. The number of benzene rings is 7. The molecule has 15 rings (SSSR count). The predicted molar refractivity (Wildman–Crippen MR) is 505 cm³/mol. The van der Waals surface area contributed by atoms with Crippen LogP contribution < -0.4 is 4.74 Å². The van der Waals surface area contributed by atoms with Crippen LogP contribution in [0.25, 0.3) is 78.2 Å². The lowest BCUT2D eigenvalue weighted by Crippen LogP contribution is -2.28. The Labute approximate surface area is 724 Å². The second-order valence-corrected chi connectivity index (χ2v) is 38.1. The molecule has 0 saturated heterocycles. The Morgan fingerprint density at radius 2 is 0.706 bits per heavy atom. The quantitative estimate of drug-likeness (QED) is 0.0229. The number of carbonyl (C=O) groups excluding carboxylic acids is 2. The second kappa shape index (κ2) is 36.9. The lowest BCUT2D eigenvalue weighted by molar-refractivity contribution is 0.103. The van der Waals surface area contributed by atoms with Crippen LogP contribution in [0.15, 0.2) is 180 Å². The maximum Gasteiger partial charge on any atom is 0.528 e. The predicted octanol–water partition coefficient (Wildman–Crippen LogP) is 31.7. The van der Waals surface area contributed by atoms with E-state index in [2.05, 4.69) is 216 Å². The highest BCUT2D eigenvalue weighted by Crippen LogP contribution is 2.66. The Morgan fingerprint density at radius 3 is 1.09 bits per heavy atom.